The van der Waals surface area contributed by atoms with Crippen molar-refractivity contribution in [3.8, 4) is 22.5 Å². The molecule has 6 aromatic rings. The summed E-state index contributed by atoms with van der Waals surface area (Å²) in [6.07, 6.45) is 4.33. The van der Waals surface area contributed by atoms with Crippen molar-refractivity contribution in [1.82, 2.24) is 9.13 Å². The lowest BCUT2D eigenvalue weighted by molar-refractivity contribution is 1.10. The Labute approximate surface area is 194 Å². The summed E-state index contributed by atoms with van der Waals surface area (Å²) in [5.41, 5.74) is 11.3. The van der Waals surface area contributed by atoms with E-state index in [4.69, 9.17) is 0 Å². The second-order valence-corrected chi connectivity index (χ2v) is 8.99. The molecule has 0 unspecified atom stereocenters. The molecule has 0 radical (unpaired) electrons. The SMILES string of the molecule is Cc1ccc(-n2ccc3cc(-c4ccc(-n5ccc6ccccc65)cc4C)ccc32)c(C)c1. The molecule has 4 aromatic carbocycles. The van der Waals surface area contributed by atoms with Crippen LogP contribution in [0, 0.1) is 20.8 Å². The molecule has 2 nitrogen and oxygen atoms in total. The van der Waals surface area contributed by atoms with Gasteiger partial charge in [0.05, 0.1) is 11.0 Å². The number of fused-ring (bicyclic) bond motifs is 2. The summed E-state index contributed by atoms with van der Waals surface area (Å²) in [5, 5.41) is 2.52. The smallest absolute Gasteiger partial charge is 0.0528 e. The molecule has 33 heavy (non-hydrogen) atoms. The normalized spacial score (nSPS) is 11.5. The number of para-hydroxylation sites is 1. The molecule has 0 fully saturated rings. The van der Waals surface area contributed by atoms with Crippen molar-refractivity contribution in [2.24, 2.45) is 0 Å². The number of hydrogen-bond acceptors (Lipinski definition) is 0. The van der Waals surface area contributed by atoms with E-state index in [0.717, 1.165) is 0 Å². The van der Waals surface area contributed by atoms with Crippen LogP contribution in [0.5, 0.6) is 0 Å². The van der Waals surface area contributed by atoms with Gasteiger partial charge in [-0.3, -0.25) is 0 Å². The third-order valence-electron chi connectivity index (χ3n) is 6.70. The van der Waals surface area contributed by atoms with Gasteiger partial charge in [-0.05, 0) is 96.9 Å². The molecule has 0 atom stereocenters. The van der Waals surface area contributed by atoms with E-state index in [1.54, 1.807) is 0 Å². The van der Waals surface area contributed by atoms with Crippen molar-refractivity contribution in [3.63, 3.8) is 0 Å². The lowest BCUT2D eigenvalue weighted by atomic mass is 9.99. The molecule has 2 heteroatoms. The number of aryl methyl sites for hydroxylation is 3. The van der Waals surface area contributed by atoms with Crippen LogP contribution in [0.2, 0.25) is 0 Å². The first kappa shape index (κ1) is 19.6. The minimum atomic E-state index is 1.19. The quantitative estimate of drug-likeness (QED) is 0.270. The molecule has 0 aliphatic heterocycles. The summed E-state index contributed by atoms with van der Waals surface area (Å²) in [7, 11) is 0. The van der Waals surface area contributed by atoms with Crippen LogP contribution in [0.1, 0.15) is 16.7 Å². The van der Waals surface area contributed by atoms with Crippen molar-refractivity contribution >= 4 is 21.8 Å². The van der Waals surface area contributed by atoms with Crippen LogP contribution < -0.4 is 0 Å². The van der Waals surface area contributed by atoms with Crippen molar-refractivity contribution < 1.29 is 0 Å². The van der Waals surface area contributed by atoms with Crippen molar-refractivity contribution in [3.05, 3.63) is 120 Å². The molecular formula is C31H26N2. The molecule has 0 bridgehead atoms. The minimum absolute atomic E-state index is 1.19. The van der Waals surface area contributed by atoms with E-state index in [0.29, 0.717) is 0 Å². The molecule has 2 heterocycles. The predicted molar refractivity (Wildman–Crippen MR) is 140 cm³/mol. The predicted octanol–water partition coefficient (Wildman–Crippen LogP) is 8.17. The van der Waals surface area contributed by atoms with Crippen LogP contribution in [0.3, 0.4) is 0 Å². The molecule has 0 aliphatic carbocycles. The first-order valence-electron chi connectivity index (χ1n) is 11.4. The highest BCUT2D eigenvalue weighted by atomic mass is 15.0. The van der Waals surface area contributed by atoms with Gasteiger partial charge in [-0.15, -0.1) is 0 Å². The lowest BCUT2D eigenvalue weighted by Gasteiger charge is -2.13. The summed E-state index contributed by atoms with van der Waals surface area (Å²) < 4.78 is 4.56. The molecule has 160 valence electrons. The zero-order valence-electron chi connectivity index (χ0n) is 19.2. The number of aromatic nitrogens is 2. The van der Waals surface area contributed by atoms with Crippen LogP contribution in [0.15, 0.2) is 103 Å². The molecule has 0 N–H and O–H groups in total. The van der Waals surface area contributed by atoms with E-state index in [2.05, 4.69) is 133 Å². The standard InChI is InChI=1S/C31H26N2/c1-21-8-12-29(23(3)18-21)33-17-15-26-20-25(9-13-31(26)33)28-11-10-27(19-22(28)2)32-16-14-24-6-4-5-7-30(24)32/h4-20H,1-3H3. The van der Waals surface area contributed by atoms with E-state index in [9.17, 15) is 0 Å². The summed E-state index contributed by atoms with van der Waals surface area (Å²) >= 11 is 0. The Balaban J connectivity index is 1.40. The summed E-state index contributed by atoms with van der Waals surface area (Å²) in [6.45, 7) is 6.53. The highest BCUT2D eigenvalue weighted by molar-refractivity contribution is 5.88. The van der Waals surface area contributed by atoms with E-state index < -0.39 is 0 Å². The van der Waals surface area contributed by atoms with Crippen LogP contribution in [-0.2, 0) is 0 Å². The largest absolute Gasteiger partial charge is 0.317 e. The van der Waals surface area contributed by atoms with Gasteiger partial charge >= 0.3 is 0 Å². The van der Waals surface area contributed by atoms with Crippen molar-refractivity contribution in [2.75, 3.05) is 0 Å². The second-order valence-electron chi connectivity index (χ2n) is 8.99. The minimum Gasteiger partial charge on any atom is -0.317 e. The highest BCUT2D eigenvalue weighted by Gasteiger charge is 2.10. The van der Waals surface area contributed by atoms with Gasteiger partial charge in [0.2, 0.25) is 0 Å². The zero-order chi connectivity index (χ0) is 22.5. The molecule has 6 rings (SSSR count). The van der Waals surface area contributed by atoms with Gasteiger partial charge in [0.25, 0.3) is 0 Å². The lowest BCUT2D eigenvalue weighted by Crippen LogP contribution is -1.96. The maximum absolute atomic E-state index is 2.31. The Morgan fingerprint density at radius 1 is 0.545 bits per heavy atom. The molecule has 0 saturated heterocycles. The van der Waals surface area contributed by atoms with Gasteiger partial charge in [0.1, 0.15) is 0 Å². The molecule has 0 saturated carbocycles. The average molecular weight is 427 g/mol. The van der Waals surface area contributed by atoms with Crippen LogP contribution in [0.4, 0.5) is 0 Å². The number of benzene rings is 4. The van der Waals surface area contributed by atoms with Gasteiger partial charge in [-0.1, -0.05) is 48.0 Å². The van der Waals surface area contributed by atoms with E-state index in [1.807, 2.05) is 0 Å². The topological polar surface area (TPSA) is 9.86 Å². The average Bonchev–Trinajstić information content (AvgIpc) is 3.43. The van der Waals surface area contributed by atoms with Crippen molar-refractivity contribution in [1.29, 1.82) is 0 Å². The van der Waals surface area contributed by atoms with E-state index in [1.165, 1.54) is 61.0 Å². The number of nitrogens with zero attached hydrogens (tertiary/aromatic N) is 2. The summed E-state index contributed by atoms with van der Waals surface area (Å²) in [4.78, 5) is 0. The first-order valence-corrected chi connectivity index (χ1v) is 11.4. The van der Waals surface area contributed by atoms with Crippen molar-refractivity contribution in [2.45, 2.75) is 20.8 Å². The molecule has 2 aromatic heterocycles. The molecule has 0 spiro atoms. The maximum Gasteiger partial charge on any atom is 0.0528 e. The summed E-state index contributed by atoms with van der Waals surface area (Å²) in [6, 6.07) is 33.1. The summed E-state index contributed by atoms with van der Waals surface area (Å²) in [5.74, 6) is 0. The van der Waals surface area contributed by atoms with Gasteiger partial charge in [0, 0.05) is 29.2 Å². The van der Waals surface area contributed by atoms with Crippen LogP contribution >= 0.6 is 0 Å². The molecule has 0 amide bonds. The monoisotopic (exact) mass is 426 g/mol. The Morgan fingerprint density at radius 2 is 1.33 bits per heavy atom. The number of rotatable bonds is 3. The fourth-order valence-corrected chi connectivity index (χ4v) is 5.03. The van der Waals surface area contributed by atoms with E-state index >= 15 is 0 Å². The first-order chi connectivity index (χ1) is 16.1. The van der Waals surface area contributed by atoms with Gasteiger partial charge in [-0.2, -0.15) is 0 Å². The van der Waals surface area contributed by atoms with E-state index in [-0.39, 0.29) is 0 Å². The van der Waals surface area contributed by atoms with Gasteiger partial charge in [0.15, 0.2) is 0 Å². The maximum atomic E-state index is 2.31. The molecule has 0 aliphatic rings. The second kappa shape index (κ2) is 7.53. The zero-order valence-corrected chi connectivity index (χ0v) is 19.2. The van der Waals surface area contributed by atoms with Crippen LogP contribution in [-0.4, -0.2) is 9.13 Å². The Hall–Kier alpha value is -4.04. The fraction of sp³-hybridized carbons (Fsp3) is 0.0968. The van der Waals surface area contributed by atoms with Crippen LogP contribution in [0.25, 0.3) is 44.3 Å². The Bertz CT molecular complexity index is 1650. The van der Waals surface area contributed by atoms with Gasteiger partial charge < -0.3 is 9.13 Å². The third-order valence-corrected chi connectivity index (χ3v) is 6.70. The molecular weight excluding hydrogens is 400 g/mol. The van der Waals surface area contributed by atoms with Gasteiger partial charge in [-0.25, -0.2) is 0 Å². The highest BCUT2D eigenvalue weighted by Crippen LogP contribution is 2.31. The number of hydrogen-bond donors (Lipinski definition) is 0. The Kier molecular flexibility index (Phi) is 4.48. The fourth-order valence-electron chi connectivity index (χ4n) is 5.03. The third kappa shape index (κ3) is 3.27. The Morgan fingerprint density at radius 3 is 2.18 bits per heavy atom.